The van der Waals surface area contributed by atoms with Gasteiger partial charge in [-0.1, -0.05) is 325 Å². The number of carbonyl (C=O) groups excluding carboxylic acids is 4. The van der Waals surface area contributed by atoms with Crippen molar-refractivity contribution in [1.82, 2.24) is 0 Å². The quantitative estimate of drug-likeness (QED) is 0.0222. The average molecular weight is 1380 g/mol. The molecular formula is C75H146O17P2. The predicted octanol–water partition coefficient (Wildman–Crippen LogP) is 21.7. The van der Waals surface area contributed by atoms with E-state index < -0.39 is 97.5 Å². The van der Waals surface area contributed by atoms with E-state index in [4.69, 9.17) is 37.0 Å². The van der Waals surface area contributed by atoms with Gasteiger partial charge in [-0.15, -0.1) is 0 Å². The van der Waals surface area contributed by atoms with E-state index in [2.05, 4.69) is 55.4 Å². The fourth-order valence-electron chi connectivity index (χ4n) is 11.4. The molecule has 0 aromatic heterocycles. The molecule has 0 amide bonds. The smallest absolute Gasteiger partial charge is 0.462 e. The molecule has 558 valence electrons. The van der Waals surface area contributed by atoms with Crippen LogP contribution in [-0.2, 0) is 65.4 Å². The SMILES string of the molecule is CC(C)CCCCCCCCCCCCCCCCCCC(=O)O[C@H](COC(=O)CCCCCCCCC(C)C)COP(=O)(O)OCC(O)COP(=O)(O)OC[C@@H](COC(=O)CCCCCCCCC(C)C)OC(=O)CCCCCCCCCCCCCCCCC(C)C. The lowest BCUT2D eigenvalue weighted by molar-refractivity contribution is -0.161. The molecule has 0 saturated carbocycles. The van der Waals surface area contributed by atoms with E-state index in [9.17, 15) is 43.2 Å². The number of hydrogen-bond acceptors (Lipinski definition) is 15. The van der Waals surface area contributed by atoms with Gasteiger partial charge in [0.15, 0.2) is 12.2 Å². The Morgan fingerprint density at radius 1 is 0.266 bits per heavy atom. The first kappa shape index (κ1) is 92.1. The highest BCUT2D eigenvalue weighted by Crippen LogP contribution is 2.45. The zero-order chi connectivity index (χ0) is 69.6. The fraction of sp³-hybridized carbons (Fsp3) is 0.947. The summed E-state index contributed by atoms with van der Waals surface area (Å²) in [4.78, 5) is 72.6. The highest BCUT2D eigenvalue weighted by molar-refractivity contribution is 7.47. The topological polar surface area (TPSA) is 237 Å². The summed E-state index contributed by atoms with van der Waals surface area (Å²) in [6, 6.07) is 0. The molecule has 0 aliphatic carbocycles. The Morgan fingerprint density at radius 2 is 0.447 bits per heavy atom. The summed E-state index contributed by atoms with van der Waals surface area (Å²) >= 11 is 0. The second-order valence-electron chi connectivity index (χ2n) is 28.9. The van der Waals surface area contributed by atoms with Crippen molar-refractivity contribution in [2.24, 2.45) is 23.7 Å². The van der Waals surface area contributed by atoms with Crippen LogP contribution in [0.25, 0.3) is 0 Å². The Morgan fingerprint density at radius 3 is 0.660 bits per heavy atom. The summed E-state index contributed by atoms with van der Waals surface area (Å²) in [7, 11) is -9.91. The van der Waals surface area contributed by atoms with Crippen molar-refractivity contribution >= 4 is 39.5 Å². The Bertz CT molecular complexity index is 1850. The second-order valence-corrected chi connectivity index (χ2v) is 31.9. The van der Waals surface area contributed by atoms with Crippen molar-refractivity contribution in [1.29, 1.82) is 0 Å². The van der Waals surface area contributed by atoms with Crippen molar-refractivity contribution in [2.75, 3.05) is 39.6 Å². The molecule has 0 aromatic carbocycles. The number of phosphoric acid groups is 2. The molecule has 94 heavy (non-hydrogen) atoms. The first-order chi connectivity index (χ1) is 45.1. The number of aliphatic hydroxyl groups is 1. The number of hydrogen-bond donors (Lipinski definition) is 3. The number of esters is 4. The lowest BCUT2D eigenvalue weighted by atomic mass is 10.0. The van der Waals surface area contributed by atoms with Crippen LogP contribution in [0.4, 0.5) is 0 Å². The Labute approximate surface area is 575 Å². The number of unbranched alkanes of at least 4 members (excludes halogenated alkanes) is 38. The molecule has 0 aliphatic rings. The van der Waals surface area contributed by atoms with Gasteiger partial charge in [0.25, 0.3) is 0 Å². The Balaban J connectivity index is 5.16. The van der Waals surface area contributed by atoms with Gasteiger partial charge in [-0.2, -0.15) is 0 Å². The van der Waals surface area contributed by atoms with E-state index in [1.807, 2.05) is 0 Å². The van der Waals surface area contributed by atoms with Gasteiger partial charge in [0.2, 0.25) is 0 Å². The van der Waals surface area contributed by atoms with Gasteiger partial charge in [0.05, 0.1) is 26.4 Å². The van der Waals surface area contributed by atoms with Gasteiger partial charge in [-0.05, 0) is 49.4 Å². The predicted molar refractivity (Wildman–Crippen MR) is 381 cm³/mol. The van der Waals surface area contributed by atoms with Crippen molar-refractivity contribution in [3.63, 3.8) is 0 Å². The van der Waals surface area contributed by atoms with Crippen molar-refractivity contribution in [2.45, 2.75) is 395 Å². The minimum atomic E-state index is -4.95. The maximum Gasteiger partial charge on any atom is 0.472 e. The standard InChI is InChI=1S/C75H146O17P2/c1-65(2)51-43-35-27-23-19-15-11-9-10-12-17-21-25-29-41-49-57-74(79)91-70(61-85-72(77)55-47-39-33-31-37-45-53-67(5)6)63-89-93(81,82)87-59-69(76)60-88-94(83,84)90-64-71(62-86-73(78)56-48-40-34-32-38-46-54-68(7)8)92-75(80)58-50-42-30-26-22-18-14-13-16-20-24-28-36-44-52-66(3)4/h65-71,76H,9-64H2,1-8H3,(H,81,82)(H,83,84)/t69?,70-,71-/m1/s1. The van der Waals surface area contributed by atoms with Crippen LogP contribution in [0.3, 0.4) is 0 Å². The third-order valence-electron chi connectivity index (χ3n) is 17.3. The van der Waals surface area contributed by atoms with E-state index in [0.717, 1.165) is 115 Å². The molecule has 5 atom stereocenters. The Hall–Kier alpha value is -1.94. The number of rotatable bonds is 72. The van der Waals surface area contributed by atoms with Gasteiger partial charge >= 0.3 is 39.5 Å². The zero-order valence-electron chi connectivity index (χ0n) is 61.6. The molecule has 19 heteroatoms. The van der Waals surface area contributed by atoms with E-state index >= 15 is 0 Å². The van der Waals surface area contributed by atoms with E-state index in [1.54, 1.807) is 0 Å². The third kappa shape index (κ3) is 68.6. The molecule has 0 aliphatic heterocycles. The van der Waals surface area contributed by atoms with Gasteiger partial charge in [0, 0.05) is 25.7 Å². The van der Waals surface area contributed by atoms with Crippen LogP contribution in [0, 0.1) is 23.7 Å². The summed E-state index contributed by atoms with van der Waals surface area (Å²) in [5, 5.41) is 10.6. The van der Waals surface area contributed by atoms with Crippen LogP contribution in [0.5, 0.6) is 0 Å². The van der Waals surface area contributed by atoms with Crippen LogP contribution in [-0.4, -0.2) is 96.7 Å². The maximum atomic E-state index is 13.0. The van der Waals surface area contributed by atoms with E-state index in [0.29, 0.717) is 37.5 Å². The monoisotopic (exact) mass is 1380 g/mol. The molecule has 0 rings (SSSR count). The average Bonchev–Trinajstić information content (AvgIpc) is 2.84. The minimum Gasteiger partial charge on any atom is -0.462 e. The second kappa shape index (κ2) is 64.4. The van der Waals surface area contributed by atoms with Crippen LogP contribution in [0.1, 0.15) is 376 Å². The minimum absolute atomic E-state index is 0.106. The van der Waals surface area contributed by atoms with Crippen molar-refractivity contribution < 1.29 is 80.2 Å². The van der Waals surface area contributed by atoms with E-state index in [1.165, 1.54) is 167 Å². The van der Waals surface area contributed by atoms with Gasteiger partial charge in [0.1, 0.15) is 19.3 Å². The van der Waals surface area contributed by atoms with Crippen molar-refractivity contribution in [3.8, 4) is 0 Å². The molecule has 0 spiro atoms. The fourth-order valence-corrected chi connectivity index (χ4v) is 13.0. The number of ether oxygens (including phenoxy) is 4. The number of aliphatic hydroxyl groups excluding tert-OH is 1. The van der Waals surface area contributed by atoms with Crippen molar-refractivity contribution in [3.05, 3.63) is 0 Å². The summed E-state index contributed by atoms with van der Waals surface area (Å²) in [6.45, 7) is 14.1. The summed E-state index contributed by atoms with van der Waals surface area (Å²) in [5.41, 5.74) is 0. The van der Waals surface area contributed by atoms with Gasteiger partial charge in [-0.25, -0.2) is 9.13 Å². The van der Waals surface area contributed by atoms with Crippen LogP contribution >= 0.6 is 15.6 Å². The first-order valence-corrected chi connectivity index (χ1v) is 41.7. The van der Waals surface area contributed by atoms with Gasteiger partial charge in [-0.3, -0.25) is 37.3 Å². The Kier molecular flexibility index (Phi) is 63.1. The lowest BCUT2D eigenvalue weighted by Gasteiger charge is -2.21. The molecule has 0 fully saturated rings. The largest absolute Gasteiger partial charge is 0.472 e. The normalized spacial score (nSPS) is 14.2. The molecule has 0 radical (unpaired) electrons. The summed E-state index contributed by atoms with van der Waals surface area (Å²) < 4.78 is 68.4. The molecule has 0 aromatic rings. The highest BCUT2D eigenvalue weighted by atomic mass is 31.2. The molecule has 17 nitrogen and oxygen atoms in total. The molecule has 0 saturated heterocycles. The van der Waals surface area contributed by atoms with Crippen LogP contribution < -0.4 is 0 Å². The molecule has 3 unspecified atom stereocenters. The molecule has 3 N–H and O–H groups in total. The maximum absolute atomic E-state index is 13.0. The number of carbonyl (C=O) groups is 4. The lowest BCUT2D eigenvalue weighted by Crippen LogP contribution is -2.30. The highest BCUT2D eigenvalue weighted by Gasteiger charge is 2.30. The molecule has 0 bridgehead atoms. The zero-order valence-corrected chi connectivity index (χ0v) is 63.4. The number of phosphoric ester groups is 2. The molecule has 0 heterocycles. The van der Waals surface area contributed by atoms with Crippen LogP contribution in [0.15, 0.2) is 0 Å². The van der Waals surface area contributed by atoms with Gasteiger partial charge < -0.3 is 33.8 Å². The molecular weight excluding hydrogens is 1230 g/mol. The summed E-state index contributed by atoms with van der Waals surface area (Å²) in [5.74, 6) is 0.837. The van der Waals surface area contributed by atoms with E-state index in [-0.39, 0.29) is 25.7 Å². The first-order valence-electron chi connectivity index (χ1n) is 38.7. The summed E-state index contributed by atoms with van der Waals surface area (Å²) in [6.07, 6.45) is 49.0. The third-order valence-corrected chi connectivity index (χ3v) is 19.2. The van der Waals surface area contributed by atoms with Crippen LogP contribution in [0.2, 0.25) is 0 Å².